The zero-order chi connectivity index (χ0) is 11.5. The van der Waals surface area contributed by atoms with Crippen LogP contribution in [-0.2, 0) is 14.3 Å². The first-order chi connectivity index (χ1) is 6.93. The van der Waals surface area contributed by atoms with Gasteiger partial charge in [-0.15, -0.1) is 0 Å². The molecule has 0 spiro atoms. The molecular formula is C9H15NO5. The van der Waals surface area contributed by atoms with E-state index in [0.717, 1.165) is 13.3 Å². The smallest absolute Gasteiger partial charge is 0.337 e. The van der Waals surface area contributed by atoms with E-state index >= 15 is 0 Å². The van der Waals surface area contributed by atoms with Crippen LogP contribution >= 0.6 is 0 Å². The van der Waals surface area contributed by atoms with E-state index < -0.39 is 17.7 Å². The lowest BCUT2D eigenvalue weighted by atomic mass is 10.1. The Bertz CT molecular complexity index is 257. The maximum Gasteiger partial charge on any atom is 0.337 e. The average molecular weight is 217 g/mol. The third-order valence-corrected chi connectivity index (χ3v) is 2.29. The molecule has 1 fully saturated rings. The largest absolute Gasteiger partial charge is 0.479 e. The van der Waals surface area contributed by atoms with E-state index in [0.29, 0.717) is 13.0 Å². The van der Waals surface area contributed by atoms with Crippen LogP contribution in [0.5, 0.6) is 0 Å². The number of aliphatic hydroxyl groups is 1. The lowest BCUT2D eigenvalue weighted by Gasteiger charge is -2.19. The van der Waals surface area contributed by atoms with E-state index in [1.165, 1.54) is 0 Å². The maximum atomic E-state index is 11.4. The Balaban J connectivity index is 2.36. The molecular weight excluding hydrogens is 202 g/mol. The summed E-state index contributed by atoms with van der Waals surface area (Å²) in [6.45, 7) is 1.36. The Morgan fingerprint density at radius 1 is 1.60 bits per heavy atom. The first kappa shape index (κ1) is 11.9. The molecule has 1 aliphatic heterocycles. The Morgan fingerprint density at radius 2 is 2.27 bits per heavy atom. The van der Waals surface area contributed by atoms with Gasteiger partial charge in [-0.05, 0) is 19.8 Å². The number of nitrogens with one attached hydrogen (secondary N) is 1. The predicted octanol–water partition coefficient (Wildman–Crippen LogP) is -0.883. The van der Waals surface area contributed by atoms with Gasteiger partial charge in [0.15, 0.2) is 5.60 Å². The Morgan fingerprint density at radius 3 is 2.73 bits per heavy atom. The summed E-state index contributed by atoms with van der Waals surface area (Å²) in [5.41, 5.74) is -1.94. The van der Waals surface area contributed by atoms with Gasteiger partial charge in [-0.3, -0.25) is 4.79 Å². The number of hydrogen-bond donors (Lipinski definition) is 3. The van der Waals surface area contributed by atoms with Crippen molar-refractivity contribution in [2.45, 2.75) is 31.5 Å². The number of carboxylic acid groups (broad SMARTS) is 1. The second-order valence-electron chi connectivity index (χ2n) is 3.80. The summed E-state index contributed by atoms with van der Waals surface area (Å²) in [4.78, 5) is 21.9. The summed E-state index contributed by atoms with van der Waals surface area (Å²) in [6, 6.07) is 0. The lowest BCUT2D eigenvalue weighted by molar-refractivity contribution is -0.156. The Hall–Kier alpha value is -1.14. The van der Waals surface area contributed by atoms with E-state index in [2.05, 4.69) is 5.32 Å². The zero-order valence-electron chi connectivity index (χ0n) is 8.52. The number of hydrogen-bond acceptors (Lipinski definition) is 4. The van der Waals surface area contributed by atoms with Crippen molar-refractivity contribution in [2.75, 3.05) is 13.2 Å². The van der Waals surface area contributed by atoms with Crippen molar-refractivity contribution < 1.29 is 24.5 Å². The molecule has 1 heterocycles. The minimum absolute atomic E-state index is 0.318. The van der Waals surface area contributed by atoms with Gasteiger partial charge < -0.3 is 20.3 Å². The van der Waals surface area contributed by atoms with Crippen LogP contribution in [0.15, 0.2) is 0 Å². The van der Waals surface area contributed by atoms with E-state index in [4.69, 9.17) is 9.84 Å². The van der Waals surface area contributed by atoms with E-state index in [9.17, 15) is 14.7 Å². The average Bonchev–Trinajstić information content (AvgIpc) is 2.66. The molecule has 0 bridgehead atoms. The highest BCUT2D eigenvalue weighted by Gasteiger charge is 2.32. The van der Waals surface area contributed by atoms with Crippen LogP contribution in [0.25, 0.3) is 0 Å². The molecule has 1 saturated heterocycles. The van der Waals surface area contributed by atoms with Gasteiger partial charge in [0.1, 0.15) is 6.10 Å². The predicted molar refractivity (Wildman–Crippen MR) is 50.2 cm³/mol. The molecule has 86 valence electrons. The van der Waals surface area contributed by atoms with E-state index in [-0.39, 0.29) is 12.5 Å². The van der Waals surface area contributed by atoms with Crippen molar-refractivity contribution in [3.63, 3.8) is 0 Å². The second kappa shape index (κ2) is 4.59. The molecule has 0 saturated carbocycles. The highest BCUT2D eigenvalue weighted by molar-refractivity contribution is 5.83. The normalized spacial score (nSPS) is 24.5. The number of carbonyl (C=O) groups excluding carboxylic acids is 1. The SMILES string of the molecule is CC(O)(CNC(=O)[C@@H]1CCCO1)C(=O)O. The van der Waals surface area contributed by atoms with Gasteiger partial charge in [0.25, 0.3) is 0 Å². The van der Waals surface area contributed by atoms with Crippen molar-refractivity contribution in [1.82, 2.24) is 5.32 Å². The van der Waals surface area contributed by atoms with Crippen LogP contribution < -0.4 is 5.32 Å². The van der Waals surface area contributed by atoms with E-state index in [1.54, 1.807) is 0 Å². The number of carbonyl (C=O) groups is 2. The van der Waals surface area contributed by atoms with Crippen LogP contribution in [0, 0.1) is 0 Å². The number of rotatable bonds is 4. The van der Waals surface area contributed by atoms with Gasteiger partial charge >= 0.3 is 5.97 Å². The molecule has 0 aliphatic carbocycles. The monoisotopic (exact) mass is 217 g/mol. The van der Waals surface area contributed by atoms with Crippen molar-refractivity contribution in [1.29, 1.82) is 0 Å². The summed E-state index contributed by atoms with van der Waals surface area (Å²) in [5, 5.41) is 20.3. The summed E-state index contributed by atoms with van der Waals surface area (Å²) in [6.07, 6.45) is 0.962. The molecule has 6 nitrogen and oxygen atoms in total. The molecule has 3 N–H and O–H groups in total. The lowest BCUT2D eigenvalue weighted by Crippen LogP contribution is -2.48. The fourth-order valence-electron chi connectivity index (χ4n) is 1.23. The summed E-state index contributed by atoms with van der Waals surface area (Å²) >= 11 is 0. The minimum atomic E-state index is -1.94. The second-order valence-corrected chi connectivity index (χ2v) is 3.80. The first-order valence-electron chi connectivity index (χ1n) is 4.78. The van der Waals surface area contributed by atoms with Crippen LogP contribution in [0.1, 0.15) is 19.8 Å². The third-order valence-electron chi connectivity index (χ3n) is 2.29. The van der Waals surface area contributed by atoms with Crippen molar-refractivity contribution in [2.24, 2.45) is 0 Å². The molecule has 0 aromatic heterocycles. The Labute approximate surface area is 87.2 Å². The van der Waals surface area contributed by atoms with Crippen LogP contribution in [0.4, 0.5) is 0 Å². The highest BCUT2D eigenvalue weighted by Crippen LogP contribution is 2.12. The van der Waals surface area contributed by atoms with Crippen LogP contribution in [-0.4, -0.2) is 46.9 Å². The maximum absolute atomic E-state index is 11.4. The molecule has 0 aromatic carbocycles. The fourth-order valence-corrected chi connectivity index (χ4v) is 1.23. The van der Waals surface area contributed by atoms with Gasteiger partial charge in [-0.25, -0.2) is 4.79 Å². The summed E-state index contributed by atoms with van der Waals surface area (Å²) in [7, 11) is 0. The number of carboxylic acids is 1. The third kappa shape index (κ3) is 3.17. The molecule has 15 heavy (non-hydrogen) atoms. The minimum Gasteiger partial charge on any atom is -0.479 e. The quantitative estimate of drug-likeness (QED) is 0.568. The van der Waals surface area contributed by atoms with Crippen LogP contribution in [0.2, 0.25) is 0 Å². The number of ether oxygens (including phenoxy) is 1. The molecule has 2 atom stereocenters. The highest BCUT2D eigenvalue weighted by atomic mass is 16.5. The molecule has 0 radical (unpaired) electrons. The van der Waals surface area contributed by atoms with Gasteiger partial charge in [-0.1, -0.05) is 0 Å². The van der Waals surface area contributed by atoms with Gasteiger partial charge in [0.05, 0.1) is 6.54 Å². The molecule has 1 unspecified atom stereocenters. The Kier molecular flexibility index (Phi) is 3.65. The van der Waals surface area contributed by atoms with E-state index in [1.807, 2.05) is 0 Å². The van der Waals surface area contributed by atoms with Gasteiger partial charge in [0, 0.05) is 6.61 Å². The molecule has 6 heteroatoms. The summed E-state index contributed by atoms with van der Waals surface area (Å²) in [5.74, 6) is -1.73. The van der Waals surface area contributed by atoms with Gasteiger partial charge in [-0.2, -0.15) is 0 Å². The molecule has 0 aromatic rings. The standard InChI is InChI=1S/C9H15NO5/c1-9(14,8(12)13)5-10-7(11)6-3-2-4-15-6/h6,14H,2-5H2,1H3,(H,10,11)(H,12,13)/t6-,9?/m0/s1. The van der Waals surface area contributed by atoms with Crippen molar-refractivity contribution in [3.8, 4) is 0 Å². The van der Waals surface area contributed by atoms with Crippen LogP contribution in [0.3, 0.4) is 0 Å². The first-order valence-corrected chi connectivity index (χ1v) is 4.78. The number of aliphatic carboxylic acids is 1. The zero-order valence-corrected chi connectivity index (χ0v) is 8.52. The fraction of sp³-hybridized carbons (Fsp3) is 0.778. The summed E-state index contributed by atoms with van der Waals surface area (Å²) < 4.78 is 5.10. The molecule has 1 amide bonds. The van der Waals surface area contributed by atoms with Gasteiger partial charge in [0.2, 0.25) is 5.91 Å². The topological polar surface area (TPSA) is 95.9 Å². The molecule has 1 aliphatic rings. The van der Waals surface area contributed by atoms with Crippen molar-refractivity contribution >= 4 is 11.9 Å². The molecule has 1 rings (SSSR count). The number of amides is 1. The van der Waals surface area contributed by atoms with Crippen molar-refractivity contribution in [3.05, 3.63) is 0 Å².